The van der Waals surface area contributed by atoms with E-state index in [1.54, 1.807) is 5.57 Å². The lowest BCUT2D eigenvalue weighted by molar-refractivity contribution is 0.492. The third kappa shape index (κ3) is 5.23. The van der Waals surface area contributed by atoms with Crippen LogP contribution in [0.4, 0.5) is 5.69 Å². The molecule has 0 aromatic heterocycles. The highest BCUT2D eigenvalue weighted by Gasteiger charge is 2.51. The predicted molar refractivity (Wildman–Crippen MR) is 213 cm³/mol. The van der Waals surface area contributed by atoms with Crippen molar-refractivity contribution in [1.82, 2.24) is 0 Å². The molecule has 242 valence electrons. The summed E-state index contributed by atoms with van der Waals surface area (Å²) in [7, 11) is -2.59. The van der Waals surface area contributed by atoms with Gasteiger partial charge in [-0.2, -0.15) is 0 Å². The second-order valence-corrected chi connectivity index (χ2v) is 18.1. The Kier molecular flexibility index (Phi) is 8.03. The SMILES string of the molecule is C1=CC(c2ccccc2)CC2=C1N(c1ccccc1)C1C=CC([Si](c3ccccc3)(c3ccccc3)c3ccc(-c4ccccc4)cc3)CC21. The standard InChI is InChI=1S/C48H41NSi/c1-6-16-36(17-7-1)38-26-29-43(30-27-38)50(41-22-12-4-13-23-41,42-24-14-5-15-25-42)44-31-33-48-46(35-44)45-34-39(37-18-8-2-9-19-37)28-32-47(45)49(48)40-20-10-3-11-21-40/h1-33,39,44,46,48H,34-35H2. The average molecular weight is 660 g/mol. The highest BCUT2D eigenvalue weighted by atomic mass is 28.3. The van der Waals surface area contributed by atoms with E-state index in [4.69, 9.17) is 0 Å². The second kappa shape index (κ2) is 13.1. The lowest BCUT2D eigenvalue weighted by Crippen LogP contribution is -2.70. The molecule has 0 amide bonds. The van der Waals surface area contributed by atoms with E-state index < -0.39 is 8.07 Å². The van der Waals surface area contributed by atoms with E-state index in [0.29, 0.717) is 23.4 Å². The summed E-state index contributed by atoms with van der Waals surface area (Å²) < 4.78 is 0. The maximum absolute atomic E-state index is 2.63. The molecule has 3 aliphatic rings. The third-order valence-corrected chi connectivity index (χ3v) is 16.7. The number of benzene rings is 6. The molecule has 1 aliphatic heterocycles. The van der Waals surface area contributed by atoms with Crippen molar-refractivity contribution in [1.29, 1.82) is 0 Å². The summed E-state index contributed by atoms with van der Waals surface area (Å²) >= 11 is 0. The van der Waals surface area contributed by atoms with Crippen LogP contribution in [0, 0.1) is 5.92 Å². The van der Waals surface area contributed by atoms with E-state index >= 15 is 0 Å². The fourth-order valence-electron chi connectivity index (χ4n) is 9.20. The van der Waals surface area contributed by atoms with Gasteiger partial charge in [0.1, 0.15) is 0 Å². The molecule has 2 heteroatoms. The van der Waals surface area contributed by atoms with E-state index in [1.807, 2.05) is 0 Å². The van der Waals surface area contributed by atoms with Crippen LogP contribution in [0.3, 0.4) is 0 Å². The zero-order chi connectivity index (χ0) is 33.3. The van der Waals surface area contributed by atoms with Crippen LogP contribution in [-0.4, -0.2) is 14.1 Å². The topological polar surface area (TPSA) is 3.24 Å². The van der Waals surface area contributed by atoms with Gasteiger partial charge in [-0.15, -0.1) is 0 Å². The summed E-state index contributed by atoms with van der Waals surface area (Å²) in [5.41, 5.74) is 8.61. The molecule has 9 rings (SSSR count). The Balaban J connectivity index is 1.20. The molecule has 4 atom stereocenters. The number of fused-ring (bicyclic) bond motifs is 2. The molecule has 0 N–H and O–H groups in total. The van der Waals surface area contributed by atoms with Crippen LogP contribution < -0.4 is 20.5 Å². The van der Waals surface area contributed by atoms with Gasteiger partial charge in [-0.3, -0.25) is 0 Å². The van der Waals surface area contributed by atoms with Crippen LogP contribution in [0.1, 0.15) is 24.3 Å². The van der Waals surface area contributed by atoms with Crippen molar-refractivity contribution < 1.29 is 0 Å². The number of hydrogen-bond donors (Lipinski definition) is 0. The molecule has 1 nitrogen and oxygen atoms in total. The molecular weight excluding hydrogens is 619 g/mol. The predicted octanol–water partition coefficient (Wildman–Crippen LogP) is 9.66. The minimum Gasteiger partial charge on any atom is -0.334 e. The first-order chi connectivity index (χ1) is 24.8. The number of hydrogen-bond acceptors (Lipinski definition) is 1. The summed E-state index contributed by atoms with van der Waals surface area (Å²) in [5, 5.41) is 4.43. The minimum absolute atomic E-state index is 0.302. The van der Waals surface area contributed by atoms with Crippen molar-refractivity contribution in [2.45, 2.75) is 30.3 Å². The van der Waals surface area contributed by atoms with E-state index in [1.165, 1.54) is 43.6 Å². The Morgan fingerprint density at radius 3 is 1.62 bits per heavy atom. The summed E-state index contributed by atoms with van der Waals surface area (Å²) in [6.07, 6.45) is 12.3. The van der Waals surface area contributed by atoms with Gasteiger partial charge in [0.2, 0.25) is 0 Å². The maximum Gasteiger partial charge on any atom is 0.154 e. The van der Waals surface area contributed by atoms with E-state index in [2.05, 4.69) is 205 Å². The molecule has 0 bridgehead atoms. The van der Waals surface area contributed by atoms with E-state index in [-0.39, 0.29) is 0 Å². The Morgan fingerprint density at radius 2 is 1.00 bits per heavy atom. The molecule has 2 aliphatic carbocycles. The Bertz CT molecular complexity index is 2110. The fraction of sp³-hybridized carbons (Fsp3) is 0.125. The highest BCUT2D eigenvalue weighted by Crippen LogP contribution is 2.52. The van der Waals surface area contributed by atoms with Crippen LogP contribution >= 0.6 is 0 Å². The van der Waals surface area contributed by atoms with Gasteiger partial charge < -0.3 is 4.90 Å². The molecule has 0 saturated heterocycles. The molecule has 0 fully saturated rings. The van der Waals surface area contributed by atoms with Crippen molar-refractivity contribution in [3.63, 3.8) is 0 Å². The van der Waals surface area contributed by atoms with Gasteiger partial charge in [-0.05, 0) is 74.4 Å². The summed E-state index contributed by atoms with van der Waals surface area (Å²) in [5.74, 6) is 0.825. The Labute approximate surface area is 297 Å². The van der Waals surface area contributed by atoms with Crippen LogP contribution in [0.5, 0.6) is 0 Å². The number of nitrogens with zero attached hydrogens (tertiary/aromatic N) is 1. The third-order valence-electron chi connectivity index (χ3n) is 11.4. The smallest absolute Gasteiger partial charge is 0.154 e. The molecule has 6 aromatic carbocycles. The lowest BCUT2D eigenvalue weighted by Gasteiger charge is -2.44. The molecule has 6 aromatic rings. The average Bonchev–Trinajstić information content (AvgIpc) is 3.53. The highest BCUT2D eigenvalue weighted by molar-refractivity contribution is 7.12. The van der Waals surface area contributed by atoms with Crippen LogP contribution in [-0.2, 0) is 0 Å². The van der Waals surface area contributed by atoms with Crippen molar-refractivity contribution in [3.8, 4) is 11.1 Å². The Hall–Kier alpha value is -5.44. The second-order valence-electron chi connectivity index (χ2n) is 14.0. The summed E-state index contributed by atoms with van der Waals surface area (Å²) in [4.78, 5) is 2.63. The van der Waals surface area contributed by atoms with Crippen molar-refractivity contribution >= 4 is 29.3 Å². The van der Waals surface area contributed by atoms with Gasteiger partial charge >= 0.3 is 0 Å². The van der Waals surface area contributed by atoms with E-state index in [9.17, 15) is 0 Å². The molecule has 0 saturated carbocycles. The monoisotopic (exact) mass is 659 g/mol. The van der Waals surface area contributed by atoms with Crippen molar-refractivity contribution in [2.24, 2.45) is 5.92 Å². The largest absolute Gasteiger partial charge is 0.334 e. The molecule has 0 radical (unpaired) electrons. The number of para-hydroxylation sites is 1. The van der Waals surface area contributed by atoms with Gasteiger partial charge in [0.15, 0.2) is 8.07 Å². The van der Waals surface area contributed by atoms with Crippen molar-refractivity contribution in [3.05, 3.63) is 217 Å². The van der Waals surface area contributed by atoms with Gasteiger partial charge in [-0.25, -0.2) is 0 Å². The number of allylic oxidation sites excluding steroid dienone is 3. The van der Waals surface area contributed by atoms with Gasteiger partial charge in [0, 0.05) is 23.2 Å². The number of rotatable bonds is 7. The van der Waals surface area contributed by atoms with Crippen LogP contribution in [0.15, 0.2) is 211 Å². The zero-order valence-corrected chi connectivity index (χ0v) is 29.2. The first kappa shape index (κ1) is 30.6. The molecule has 1 heterocycles. The minimum atomic E-state index is -2.59. The van der Waals surface area contributed by atoms with Gasteiger partial charge in [-0.1, -0.05) is 182 Å². The molecular formula is C48H41NSi. The summed E-state index contributed by atoms with van der Waals surface area (Å²) in [6, 6.07) is 65.8. The normalized spacial score (nSPS) is 21.2. The molecule has 50 heavy (non-hydrogen) atoms. The molecule has 4 unspecified atom stereocenters. The first-order valence-corrected chi connectivity index (χ1v) is 20.1. The molecule has 0 spiro atoms. The fourth-order valence-corrected chi connectivity index (χ4v) is 14.6. The zero-order valence-electron chi connectivity index (χ0n) is 28.2. The lowest BCUT2D eigenvalue weighted by atomic mass is 9.78. The Morgan fingerprint density at radius 1 is 0.480 bits per heavy atom. The van der Waals surface area contributed by atoms with Gasteiger partial charge in [0.25, 0.3) is 0 Å². The van der Waals surface area contributed by atoms with Crippen LogP contribution in [0.25, 0.3) is 11.1 Å². The van der Waals surface area contributed by atoms with E-state index in [0.717, 1.165) is 12.8 Å². The first-order valence-electron chi connectivity index (χ1n) is 18.1. The van der Waals surface area contributed by atoms with Crippen molar-refractivity contribution in [2.75, 3.05) is 4.90 Å². The van der Waals surface area contributed by atoms with Gasteiger partial charge in [0.05, 0.1) is 6.04 Å². The maximum atomic E-state index is 2.63. The quantitative estimate of drug-likeness (QED) is 0.0937. The van der Waals surface area contributed by atoms with Crippen LogP contribution in [0.2, 0.25) is 5.54 Å². The number of anilines is 1. The summed E-state index contributed by atoms with van der Waals surface area (Å²) in [6.45, 7) is 0.